The Bertz CT molecular complexity index is 809. The quantitative estimate of drug-likeness (QED) is 0.724. The minimum absolute atomic E-state index is 0.0241. The number of hydrogen-bond acceptors (Lipinski definition) is 4. The van der Waals surface area contributed by atoms with E-state index in [0.29, 0.717) is 6.61 Å². The fourth-order valence-electron chi connectivity index (χ4n) is 3.76. The van der Waals surface area contributed by atoms with Crippen LogP contribution in [0.25, 0.3) is 0 Å². The van der Waals surface area contributed by atoms with E-state index < -0.39 is 0 Å². The van der Waals surface area contributed by atoms with Gasteiger partial charge in [0.15, 0.2) is 0 Å². The van der Waals surface area contributed by atoms with Gasteiger partial charge in [-0.3, -0.25) is 4.79 Å². The molecule has 0 bridgehead atoms. The maximum absolute atomic E-state index is 12.1. The largest absolute Gasteiger partial charge is 0.494 e. The van der Waals surface area contributed by atoms with Crippen LogP contribution in [0, 0.1) is 5.92 Å². The van der Waals surface area contributed by atoms with E-state index in [9.17, 15) is 4.79 Å². The normalized spacial score (nSPS) is 17.8. The lowest BCUT2D eigenvalue weighted by Gasteiger charge is -2.40. The van der Waals surface area contributed by atoms with Crippen molar-refractivity contribution in [3.63, 3.8) is 0 Å². The molecule has 1 saturated heterocycles. The summed E-state index contributed by atoms with van der Waals surface area (Å²) in [7, 11) is 0. The van der Waals surface area contributed by atoms with Crippen molar-refractivity contribution in [2.24, 2.45) is 5.92 Å². The first-order chi connectivity index (χ1) is 14.1. The van der Waals surface area contributed by atoms with Crippen LogP contribution in [0.1, 0.15) is 44.7 Å². The molecule has 2 fully saturated rings. The Kier molecular flexibility index (Phi) is 5.93. The number of hydrogen-bond donors (Lipinski definition) is 1. The summed E-state index contributed by atoms with van der Waals surface area (Å²) >= 11 is 0. The van der Waals surface area contributed by atoms with E-state index in [4.69, 9.17) is 9.47 Å². The smallest absolute Gasteiger partial charge is 0.223 e. The number of carbonyl (C=O) groups is 1. The number of nitrogens with one attached hydrogen (secondary N) is 1. The Morgan fingerprint density at radius 1 is 1.07 bits per heavy atom. The van der Waals surface area contributed by atoms with E-state index in [0.717, 1.165) is 43.0 Å². The Labute approximate surface area is 173 Å². The maximum Gasteiger partial charge on any atom is 0.223 e. The second-order valence-electron chi connectivity index (χ2n) is 8.00. The van der Waals surface area contributed by atoms with E-state index in [1.807, 2.05) is 50.2 Å². The molecule has 1 heterocycles. The summed E-state index contributed by atoms with van der Waals surface area (Å²) in [6.07, 6.45) is 3.43. The molecule has 2 aliphatic rings. The van der Waals surface area contributed by atoms with Gasteiger partial charge < -0.3 is 19.7 Å². The van der Waals surface area contributed by atoms with Crippen molar-refractivity contribution in [2.75, 3.05) is 24.6 Å². The SMILES string of the molecule is CCOc1ccc(N2CC(Oc3ccc(C(C)NC(=O)C4CCC4)cc3)C2)cc1. The van der Waals surface area contributed by atoms with Gasteiger partial charge in [-0.2, -0.15) is 0 Å². The summed E-state index contributed by atoms with van der Waals surface area (Å²) < 4.78 is 11.6. The van der Waals surface area contributed by atoms with Crippen molar-refractivity contribution in [3.8, 4) is 11.5 Å². The summed E-state index contributed by atoms with van der Waals surface area (Å²) in [4.78, 5) is 14.4. The Morgan fingerprint density at radius 2 is 1.72 bits per heavy atom. The zero-order valence-corrected chi connectivity index (χ0v) is 17.3. The molecule has 1 saturated carbocycles. The third kappa shape index (κ3) is 4.66. The maximum atomic E-state index is 12.1. The molecule has 1 aliphatic carbocycles. The molecule has 0 spiro atoms. The van der Waals surface area contributed by atoms with Gasteiger partial charge in [-0.05, 0) is 68.7 Å². The summed E-state index contributed by atoms with van der Waals surface area (Å²) in [6.45, 7) is 6.47. The summed E-state index contributed by atoms with van der Waals surface area (Å²) in [6, 6.07) is 16.3. The molecule has 0 radical (unpaired) electrons. The van der Waals surface area contributed by atoms with Gasteiger partial charge in [0.2, 0.25) is 5.91 Å². The predicted molar refractivity (Wildman–Crippen MR) is 115 cm³/mol. The summed E-state index contributed by atoms with van der Waals surface area (Å²) in [5, 5.41) is 3.12. The highest BCUT2D eigenvalue weighted by Gasteiger charge is 2.29. The molecule has 5 nitrogen and oxygen atoms in total. The van der Waals surface area contributed by atoms with Gasteiger partial charge in [0, 0.05) is 11.6 Å². The van der Waals surface area contributed by atoms with Crippen molar-refractivity contribution in [1.29, 1.82) is 0 Å². The standard InChI is InChI=1S/C24H30N2O3/c1-3-28-21-13-9-20(10-14-21)26-15-23(16-26)29-22-11-7-18(8-12-22)17(2)25-24(27)19-5-4-6-19/h7-14,17,19,23H,3-6,15-16H2,1-2H3,(H,25,27). The Balaban J connectivity index is 1.24. The molecule has 29 heavy (non-hydrogen) atoms. The summed E-state index contributed by atoms with van der Waals surface area (Å²) in [5.74, 6) is 2.19. The van der Waals surface area contributed by atoms with E-state index in [1.54, 1.807) is 0 Å². The first-order valence-electron chi connectivity index (χ1n) is 10.7. The monoisotopic (exact) mass is 394 g/mol. The zero-order chi connectivity index (χ0) is 20.2. The van der Waals surface area contributed by atoms with Crippen LogP contribution in [0.5, 0.6) is 11.5 Å². The molecule has 1 atom stereocenters. The molecule has 154 valence electrons. The van der Waals surface area contributed by atoms with Gasteiger partial charge in [-0.1, -0.05) is 18.6 Å². The lowest BCUT2D eigenvalue weighted by atomic mass is 9.84. The molecule has 2 aromatic carbocycles. The molecule has 1 aliphatic heterocycles. The average molecular weight is 395 g/mol. The van der Waals surface area contributed by atoms with Crippen molar-refractivity contribution in [3.05, 3.63) is 54.1 Å². The number of rotatable bonds is 8. The molecular weight excluding hydrogens is 364 g/mol. The third-order valence-electron chi connectivity index (χ3n) is 5.88. The van der Waals surface area contributed by atoms with Crippen LogP contribution < -0.4 is 19.7 Å². The first kappa shape index (κ1) is 19.6. The Hall–Kier alpha value is -2.69. The van der Waals surface area contributed by atoms with E-state index >= 15 is 0 Å². The van der Waals surface area contributed by atoms with Crippen LogP contribution in [0.2, 0.25) is 0 Å². The van der Waals surface area contributed by atoms with Crippen LogP contribution in [-0.4, -0.2) is 31.7 Å². The van der Waals surface area contributed by atoms with E-state index in [2.05, 4.69) is 22.3 Å². The number of carbonyl (C=O) groups excluding carboxylic acids is 1. The molecule has 1 amide bonds. The highest BCUT2D eigenvalue weighted by molar-refractivity contribution is 5.79. The number of ether oxygens (including phenoxy) is 2. The number of amides is 1. The molecule has 4 rings (SSSR count). The second kappa shape index (κ2) is 8.76. The highest BCUT2D eigenvalue weighted by atomic mass is 16.5. The minimum Gasteiger partial charge on any atom is -0.494 e. The highest BCUT2D eigenvalue weighted by Crippen LogP contribution is 2.28. The van der Waals surface area contributed by atoms with Crippen molar-refractivity contribution < 1.29 is 14.3 Å². The van der Waals surface area contributed by atoms with Crippen LogP contribution in [0.4, 0.5) is 5.69 Å². The Morgan fingerprint density at radius 3 is 2.31 bits per heavy atom. The topological polar surface area (TPSA) is 50.8 Å². The van der Waals surface area contributed by atoms with E-state index in [-0.39, 0.29) is 24.0 Å². The molecule has 1 unspecified atom stereocenters. The molecular formula is C24H30N2O3. The minimum atomic E-state index is 0.0241. The van der Waals surface area contributed by atoms with Crippen LogP contribution in [0.15, 0.2) is 48.5 Å². The fourth-order valence-corrected chi connectivity index (χ4v) is 3.76. The van der Waals surface area contributed by atoms with E-state index in [1.165, 1.54) is 12.1 Å². The molecule has 0 aromatic heterocycles. The lowest BCUT2D eigenvalue weighted by molar-refractivity contribution is -0.128. The van der Waals surface area contributed by atoms with Gasteiger partial charge in [0.25, 0.3) is 0 Å². The molecule has 5 heteroatoms. The van der Waals surface area contributed by atoms with Gasteiger partial charge in [-0.25, -0.2) is 0 Å². The van der Waals surface area contributed by atoms with Crippen molar-refractivity contribution >= 4 is 11.6 Å². The van der Waals surface area contributed by atoms with Gasteiger partial charge in [0.05, 0.1) is 25.7 Å². The average Bonchev–Trinajstić information content (AvgIpc) is 2.64. The van der Waals surface area contributed by atoms with Crippen LogP contribution >= 0.6 is 0 Å². The van der Waals surface area contributed by atoms with Crippen LogP contribution in [0.3, 0.4) is 0 Å². The number of anilines is 1. The first-order valence-corrected chi connectivity index (χ1v) is 10.7. The van der Waals surface area contributed by atoms with Gasteiger partial charge in [0.1, 0.15) is 17.6 Å². The van der Waals surface area contributed by atoms with Crippen LogP contribution in [-0.2, 0) is 4.79 Å². The number of benzene rings is 2. The lowest BCUT2D eigenvalue weighted by Crippen LogP contribution is -2.54. The van der Waals surface area contributed by atoms with Gasteiger partial charge >= 0.3 is 0 Å². The van der Waals surface area contributed by atoms with Gasteiger partial charge in [-0.15, -0.1) is 0 Å². The number of nitrogens with zero attached hydrogens (tertiary/aromatic N) is 1. The third-order valence-corrected chi connectivity index (χ3v) is 5.88. The van der Waals surface area contributed by atoms with Crippen molar-refractivity contribution in [2.45, 2.75) is 45.3 Å². The predicted octanol–water partition coefficient (Wildman–Crippen LogP) is 4.33. The van der Waals surface area contributed by atoms with Crippen molar-refractivity contribution in [1.82, 2.24) is 5.32 Å². The summed E-state index contributed by atoms with van der Waals surface area (Å²) in [5.41, 5.74) is 2.30. The molecule has 2 aromatic rings. The molecule has 1 N–H and O–H groups in total. The zero-order valence-electron chi connectivity index (χ0n) is 17.3. The fraction of sp³-hybridized carbons (Fsp3) is 0.458. The second-order valence-corrected chi connectivity index (χ2v) is 8.00.